The van der Waals surface area contributed by atoms with Crippen molar-refractivity contribution in [3.8, 4) is 0 Å². The standard InChI is InChI=1S/C19H11F7N4O3/c20-12-4-1-10(2-5-12)9-29-16(31)8-15(19(24,25)26)28-17(29)27-13-6-3-11(18(21,22)23)7-14(13)30(32)33/h1-8H,9H2,(H,27,28). The van der Waals surface area contributed by atoms with Crippen molar-refractivity contribution >= 4 is 17.3 Å². The highest BCUT2D eigenvalue weighted by atomic mass is 19.4. The van der Waals surface area contributed by atoms with Crippen LogP contribution in [0.25, 0.3) is 0 Å². The fourth-order valence-corrected chi connectivity index (χ4v) is 2.76. The minimum absolute atomic E-state index is 0.190. The molecular formula is C19H11F7N4O3. The first-order chi connectivity index (χ1) is 15.3. The molecule has 1 N–H and O–H groups in total. The van der Waals surface area contributed by atoms with E-state index < -0.39 is 63.8 Å². The van der Waals surface area contributed by atoms with Gasteiger partial charge >= 0.3 is 12.4 Å². The van der Waals surface area contributed by atoms with Crippen molar-refractivity contribution in [3.63, 3.8) is 0 Å². The molecule has 7 nitrogen and oxygen atoms in total. The summed E-state index contributed by atoms with van der Waals surface area (Å²) in [6, 6.07) is 6.04. The van der Waals surface area contributed by atoms with E-state index in [1.807, 2.05) is 0 Å². The van der Waals surface area contributed by atoms with Gasteiger partial charge in [-0.15, -0.1) is 0 Å². The SMILES string of the molecule is O=c1cc(C(F)(F)F)nc(Nc2ccc(C(F)(F)F)cc2[N+](=O)[O-])n1Cc1ccc(F)cc1. The van der Waals surface area contributed by atoms with E-state index in [-0.39, 0.29) is 17.7 Å². The van der Waals surface area contributed by atoms with Gasteiger partial charge in [-0.2, -0.15) is 26.3 Å². The van der Waals surface area contributed by atoms with Crippen molar-refractivity contribution in [2.24, 2.45) is 0 Å². The summed E-state index contributed by atoms with van der Waals surface area (Å²) >= 11 is 0. The van der Waals surface area contributed by atoms with E-state index >= 15 is 0 Å². The maximum Gasteiger partial charge on any atom is 0.433 e. The summed E-state index contributed by atoms with van der Waals surface area (Å²) in [6.07, 6.45) is -9.97. The molecule has 0 fully saturated rings. The number of benzene rings is 2. The van der Waals surface area contributed by atoms with Gasteiger partial charge in [0.2, 0.25) is 5.95 Å². The molecule has 0 unspecified atom stereocenters. The van der Waals surface area contributed by atoms with Gasteiger partial charge in [-0.1, -0.05) is 12.1 Å². The van der Waals surface area contributed by atoms with Crippen LogP contribution in [0.15, 0.2) is 53.3 Å². The highest BCUT2D eigenvalue weighted by Crippen LogP contribution is 2.36. The Morgan fingerprint density at radius 1 is 0.970 bits per heavy atom. The van der Waals surface area contributed by atoms with Crippen LogP contribution in [0.4, 0.5) is 48.1 Å². The van der Waals surface area contributed by atoms with Crippen LogP contribution in [0, 0.1) is 15.9 Å². The number of rotatable bonds is 5. The lowest BCUT2D eigenvalue weighted by Gasteiger charge is -2.16. The molecule has 0 amide bonds. The lowest BCUT2D eigenvalue weighted by Crippen LogP contribution is -2.27. The molecule has 0 aliphatic heterocycles. The zero-order valence-corrected chi connectivity index (χ0v) is 16.0. The van der Waals surface area contributed by atoms with E-state index in [0.717, 1.165) is 12.1 Å². The molecule has 0 spiro atoms. The van der Waals surface area contributed by atoms with E-state index in [1.165, 1.54) is 12.1 Å². The first kappa shape index (κ1) is 23.7. The minimum atomic E-state index is -5.06. The topological polar surface area (TPSA) is 90.1 Å². The van der Waals surface area contributed by atoms with Crippen molar-refractivity contribution in [2.75, 3.05) is 5.32 Å². The Kier molecular flexibility index (Phi) is 6.12. The summed E-state index contributed by atoms with van der Waals surface area (Å²) < 4.78 is 92.0. The molecule has 2 aromatic carbocycles. The monoisotopic (exact) mass is 476 g/mol. The van der Waals surface area contributed by atoms with E-state index in [4.69, 9.17) is 0 Å². The van der Waals surface area contributed by atoms with Crippen molar-refractivity contribution < 1.29 is 35.7 Å². The van der Waals surface area contributed by atoms with Gasteiger partial charge in [-0.05, 0) is 29.8 Å². The average Bonchev–Trinajstić information content (AvgIpc) is 2.70. The Balaban J connectivity index is 2.14. The summed E-state index contributed by atoms with van der Waals surface area (Å²) in [5.41, 5.74) is -5.67. The molecular weight excluding hydrogens is 465 g/mol. The molecule has 0 radical (unpaired) electrons. The largest absolute Gasteiger partial charge is 0.433 e. The van der Waals surface area contributed by atoms with E-state index in [1.54, 1.807) is 0 Å². The molecule has 0 bridgehead atoms. The molecule has 0 saturated carbocycles. The number of hydrogen-bond donors (Lipinski definition) is 1. The number of nitro benzene ring substituents is 1. The predicted molar refractivity (Wildman–Crippen MR) is 100 cm³/mol. The van der Waals surface area contributed by atoms with Crippen LogP contribution in [0.1, 0.15) is 16.8 Å². The van der Waals surface area contributed by atoms with Crippen LogP contribution < -0.4 is 10.9 Å². The average molecular weight is 476 g/mol. The van der Waals surface area contributed by atoms with E-state index in [2.05, 4.69) is 10.3 Å². The molecule has 0 aliphatic carbocycles. The zero-order chi connectivity index (χ0) is 24.6. The van der Waals surface area contributed by atoms with Crippen molar-refractivity contribution in [2.45, 2.75) is 18.9 Å². The lowest BCUT2D eigenvalue weighted by atomic mass is 10.1. The van der Waals surface area contributed by atoms with E-state index in [9.17, 15) is 45.6 Å². The van der Waals surface area contributed by atoms with Crippen LogP contribution in [0.3, 0.4) is 0 Å². The first-order valence-electron chi connectivity index (χ1n) is 8.82. The van der Waals surface area contributed by atoms with Gasteiger partial charge < -0.3 is 5.32 Å². The molecule has 33 heavy (non-hydrogen) atoms. The number of halogens is 7. The minimum Gasteiger partial charge on any atom is -0.320 e. The Morgan fingerprint density at radius 3 is 2.15 bits per heavy atom. The number of hydrogen-bond acceptors (Lipinski definition) is 5. The second kappa shape index (κ2) is 8.52. The van der Waals surface area contributed by atoms with Gasteiger partial charge in [0, 0.05) is 12.1 Å². The Labute approximate surface area is 179 Å². The van der Waals surface area contributed by atoms with Gasteiger partial charge in [0.1, 0.15) is 11.5 Å². The van der Waals surface area contributed by atoms with Crippen LogP contribution >= 0.6 is 0 Å². The molecule has 1 aromatic heterocycles. The quantitative estimate of drug-likeness (QED) is 0.314. The molecule has 14 heteroatoms. The third kappa shape index (κ3) is 5.45. The van der Waals surface area contributed by atoms with Gasteiger partial charge in [0.25, 0.3) is 11.2 Å². The summed E-state index contributed by atoms with van der Waals surface area (Å²) in [5, 5.41) is 13.4. The molecule has 174 valence electrons. The fourth-order valence-electron chi connectivity index (χ4n) is 2.76. The second-order valence-electron chi connectivity index (χ2n) is 6.63. The van der Waals surface area contributed by atoms with Crippen LogP contribution in [-0.2, 0) is 18.9 Å². The molecule has 0 saturated heterocycles. The van der Waals surface area contributed by atoms with Crippen LogP contribution in [-0.4, -0.2) is 14.5 Å². The fraction of sp³-hybridized carbons (Fsp3) is 0.158. The third-order valence-corrected chi connectivity index (χ3v) is 4.32. The Bertz CT molecular complexity index is 1250. The maximum atomic E-state index is 13.2. The molecule has 1 heterocycles. The molecule has 0 atom stereocenters. The predicted octanol–water partition coefficient (Wildman–Crippen LogP) is 5.12. The number of nitrogens with zero attached hydrogens (tertiary/aromatic N) is 3. The first-order valence-corrected chi connectivity index (χ1v) is 8.82. The summed E-state index contributed by atoms with van der Waals surface area (Å²) in [6.45, 7) is -0.416. The highest BCUT2D eigenvalue weighted by Gasteiger charge is 2.35. The number of anilines is 2. The Morgan fingerprint density at radius 2 is 1.61 bits per heavy atom. The maximum absolute atomic E-state index is 13.2. The molecule has 3 aromatic rings. The van der Waals surface area contributed by atoms with Gasteiger partial charge in [-0.25, -0.2) is 9.37 Å². The summed E-state index contributed by atoms with van der Waals surface area (Å²) in [7, 11) is 0. The second-order valence-corrected chi connectivity index (χ2v) is 6.63. The van der Waals surface area contributed by atoms with Gasteiger partial charge in [0.05, 0.1) is 17.0 Å². The lowest BCUT2D eigenvalue weighted by molar-refractivity contribution is -0.384. The number of nitrogens with one attached hydrogen (secondary N) is 1. The van der Waals surface area contributed by atoms with Gasteiger partial charge in [0.15, 0.2) is 5.69 Å². The van der Waals surface area contributed by atoms with Crippen molar-refractivity contribution in [1.29, 1.82) is 0 Å². The Hall–Kier alpha value is -3.97. The smallest absolute Gasteiger partial charge is 0.320 e. The molecule has 3 rings (SSSR count). The van der Waals surface area contributed by atoms with Crippen LogP contribution in [0.5, 0.6) is 0 Å². The zero-order valence-electron chi connectivity index (χ0n) is 16.0. The highest BCUT2D eigenvalue weighted by molar-refractivity contribution is 5.67. The normalized spacial score (nSPS) is 12.0. The number of nitro groups is 1. The van der Waals surface area contributed by atoms with E-state index in [0.29, 0.717) is 16.7 Å². The summed E-state index contributed by atoms with van der Waals surface area (Å²) in [4.78, 5) is 25.8. The summed E-state index contributed by atoms with van der Waals surface area (Å²) in [5.74, 6) is -1.43. The van der Waals surface area contributed by atoms with Crippen LogP contribution in [0.2, 0.25) is 0 Å². The van der Waals surface area contributed by atoms with Crippen molar-refractivity contribution in [3.05, 3.63) is 91.6 Å². The van der Waals surface area contributed by atoms with Crippen molar-refractivity contribution in [1.82, 2.24) is 9.55 Å². The van der Waals surface area contributed by atoms with Gasteiger partial charge in [-0.3, -0.25) is 19.5 Å². The molecule has 0 aliphatic rings. The number of alkyl halides is 6. The third-order valence-electron chi connectivity index (χ3n) is 4.32. The number of aromatic nitrogens is 2.